The SMILES string of the molecule is CS(=O)(=O)O.Cc1c(C)c2ccc(O)cc2oc1=O. The third kappa shape index (κ3) is 4.38. The summed E-state index contributed by atoms with van der Waals surface area (Å²) >= 11 is 0. The first-order valence-electron chi connectivity index (χ1n) is 5.25. The largest absolute Gasteiger partial charge is 0.508 e. The van der Waals surface area contributed by atoms with Gasteiger partial charge >= 0.3 is 5.63 Å². The number of fused-ring (bicyclic) bond motifs is 1. The molecule has 6 nitrogen and oxygen atoms in total. The Kier molecular flexibility index (Phi) is 4.33. The standard InChI is InChI=1S/C11H10O3.CH4O3S/c1-6-7(2)11(13)14-10-5-8(12)3-4-9(6)10;1-5(2,3)4/h3-5,12H,1-2H3;1H3,(H,2,3,4). The van der Waals surface area contributed by atoms with Crippen molar-refractivity contribution in [3.8, 4) is 5.75 Å². The van der Waals surface area contributed by atoms with E-state index in [4.69, 9.17) is 8.97 Å². The van der Waals surface area contributed by atoms with Crippen molar-refractivity contribution < 1.29 is 22.5 Å². The van der Waals surface area contributed by atoms with Crippen LogP contribution >= 0.6 is 0 Å². The number of phenolic OH excluding ortho intramolecular Hbond substituents is 1. The summed E-state index contributed by atoms with van der Waals surface area (Å²) in [5.74, 6) is 0.101. The molecule has 0 saturated carbocycles. The van der Waals surface area contributed by atoms with E-state index in [0.29, 0.717) is 17.4 Å². The third-order valence-electron chi connectivity index (χ3n) is 2.44. The lowest BCUT2D eigenvalue weighted by Crippen LogP contribution is -2.05. The van der Waals surface area contributed by atoms with Crippen LogP contribution in [0.4, 0.5) is 0 Å². The Morgan fingerprint density at radius 2 is 1.68 bits per heavy atom. The molecule has 2 N–H and O–H groups in total. The molecule has 2 aromatic rings. The van der Waals surface area contributed by atoms with E-state index in [1.54, 1.807) is 19.1 Å². The second-order valence-corrected chi connectivity index (χ2v) is 5.52. The quantitative estimate of drug-likeness (QED) is 0.563. The molecule has 0 bridgehead atoms. The lowest BCUT2D eigenvalue weighted by atomic mass is 10.1. The molecule has 1 heterocycles. The van der Waals surface area contributed by atoms with Gasteiger partial charge in [0.25, 0.3) is 10.1 Å². The Labute approximate surface area is 110 Å². The van der Waals surface area contributed by atoms with Crippen molar-refractivity contribution in [2.24, 2.45) is 0 Å². The fourth-order valence-electron chi connectivity index (χ4n) is 1.44. The van der Waals surface area contributed by atoms with E-state index in [1.807, 2.05) is 6.92 Å². The van der Waals surface area contributed by atoms with Gasteiger partial charge in [0.1, 0.15) is 11.3 Å². The maximum absolute atomic E-state index is 11.3. The lowest BCUT2D eigenvalue weighted by Gasteiger charge is -2.03. The molecule has 0 aliphatic heterocycles. The zero-order chi connectivity index (χ0) is 14.8. The molecule has 1 aromatic carbocycles. The summed E-state index contributed by atoms with van der Waals surface area (Å²) in [7, 11) is -3.67. The molecule has 7 heteroatoms. The van der Waals surface area contributed by atoms with Crippen LogP contribution in [-0.2, 0) is 10.1 Å². The highest BCUT2D eigenvalue weighted by Crippen LogP contribution is 2.22. The lowest BCUT2D eigenvalue weighted by molar-refractivity contribution is 0.472. The fraction of sp³-hybridized carbons (Fsp3) is 0.250. The number of hydrogen-bond donors (Lipinski definition) is 2. The van der Waals surface area contributed by atoms with Crippen molar-refractivity contribution in [2.45, 2.75) is 13.8 Å². The summed E-state index contributed by atoms with van der Waals surface area (Å²) in [4.78, 5) is 11.3. The predicted molar refractivity (Wildman–Crippen MR) is 71.1 cm³/mol. The molecule has 0 aliphatic carbocycles. The van der Waals surface area contributed by atoms with Gasteiger partial charge < -0.3 is 9.52 Å². The van der Waals surface area contributed by atoms with Crippen molar-refractivity contribution in [1.29, 1.82) is 0 Å². The zero-order valence-electron chi connectivity index (χ0n) is 10.7. The van der Waals surface area contributed by atoms with Crippen LogP contribution < -0.4 is 5.63 Å². The van der Waals surface area contributed by atoms with Gasteiger partial charge in [0.05, 0.1) is 6.26 Å². The zero-order valence-corrected chi connectivity index (χ0v) is 11.5. The van der Waals surface area contributed by atoms with Gasteiger partial charge in [-0.2, -0.15) is 8.42 Å². The van der Waals surface area contributed by atoms with E-state index in [0.717, 1.165) is 10.9 Å². The van der Waals surface area contributed by atoms with Crippen LogP contribution in [0.3, 0.4) is 0 Å². The molecule has 0 spiro atoms. The minimum Gasteiger partial charge on any atom is -0.508 e. The van der Waals surface area contributed by atoms with Crippen LogP contribution in [0.1, 0.15) is 11.1 Å². The van der Waals surface area contributed by atoms with Gasteiger partial charge in [0, 0.05) is 17.0 Å². The van der Waals surface area contributed by atoms with Gasteiger partial charge in [-0.15, -0.1) is 0 Å². The average molecular weight is 286 g/mol. The number of aryl methyl sites for hydroxylation is 1. The Hall–Kier alpha value is -1.86. The first-order chi connectivity index (χ1) is 8.59. The molecule has 0 atom stereocenters. The Bertz CT molecular complexity index is 750. The summed E-state index contributed by atoms with van der Waals surface area (Å²) in [5, 5.41) is 10.1. The molecule has 104 valence electrons. The molecule has 0 unspecified atom stereocenters. The van der Waals surface area contributed by atoms with Crippen LogP contribution in [0.5, 0.6) is 5.75 Å². The van der Waals surface area contributed by atoms with Crippen LogP contribution in [-0.4, -0.2) is 24.3 Å². The van der Waals surface area contributed by atoms with E-state index in [1.165, 1.54) is 6.07 Å². The summed E-state index contributed by atoms with van der Waals surface area (Å²) in [6.45, 7) is 3.60. The summed E-state index contributed by atoms with van der Waals surface area (Å²) in [6.07, 6.45) is 0.715. The normalized spacial score (nSPS) is 10.9. The van der Waals surface area contributed by atoms with Crippen molar-refractivity contribution >= 4 is 21.1 Å². The van der Waals surface area contributed by atoms with Crippen molar-refractivity contribution in [3.05, 3.63) is 39.7 Å². The predicted octanol–water partition coefficient (Wildman–Crippen LogP) is 1.62. The third-order valence-corrected chi connectivity index (χ3v) is 2.44. The molecule has 2 rings (SSSR count). The average Bonchev–Trinajstić information content (AvgIpc) is 2.23. The highest BCUT2D eigenvalue weighted by molar-refractivity contribution is 7.85. The van der Waals surface area contributed by atoms with Crippen molar-refractivity contribution in [1.82, 2.24) is 0 Å². The van der Waals surface area contributed by atoms with Gasteiger partial charge in [0.2, 0.25) is 0 Å². The van der Waals surface area contributed by atoms with Crippen LogP contribution in [0.25, 0.3) is 11.0 Å². The van der Waals surface area contributed by atoms with Crippen LogP contribution in [0, 0.1) is 13.8 Å². The van der Waals surface area contributed by atoms with E-state index >= 15 is 0 Å². The second kappa shape index (κ2) is 5.41. The van der Waals surface area contributed by atoms with E-state index in [2.05, 4.69) is 0 Å². The van der Waals surface area contributed by atoms with Gasteiger partial charge in [-0.1, -0.05) is 0 Å². The summed E-state index contributed by atoms with van der Waals surface area (Å²) in [6, 6.07) is 4.77. The van der Waals surface area contributed by atoms with Crippen LogP contribution in [0.15, 0.2) is 27.4 Å². The van der Waals surface area contributed by atoms with Crippen LogP contribution in [0.2, 0.25) is 0 Å². The number of rotatable bonds is 0. The molecule has 0 aliphatic rings. The fourth-order valence-corrected chi connectivity index (χ4v) is 1.44. The maximum atomic E-state index is 11.3. The monoisotopic (exact) mass is 286 g/mol. The van der Waals surface area contributed by atoms with E-state index < -0.39 is 10.1 Å². The molecular weight excluding hydrogens is 272 g/mol. The smallest absolute Gasteiger partial charge is 0.339 e. The molecule has 1 aromatic heterocycles. The minimum atomic E-state index is -3.67. The Morgan fingerprint density at radius 3 is 2.21 bits per heavy atom. The molecule has 19 heavy (non-hydrogen) atoms. The van der Waals surface area contributed by atoms with E-state index in [-0.39, 0.29) is 11.4 Å². The highest BCUT2D eigenvalue weighted by Gasteiger charge is 2.07. The minimum absolute atomic E-state index is 0.101. The number of phenols is 1. The summed E-state index contributed by atoms with van der Waals surface area (Å²) < 4.78 is 30.9. The van der Waals surface area contributed by atoms with Crippen molar-refractivity contribution in [3.63, 3.8) is 0 Å². The van der Waals surface area contributed by atoms with Gasteiger partial charge in [0.15, 0.2) is 0 Å². The maximum Gasteiger partial charge on any atom is 0.339 e. The molecule has 0 radical (unpaired) electrons. The molecule has 0 amide bonds. The van der Waals surface area contributed by atoms with Gasteiger partial charge in [-0.25, -0.2) is 4.79 Å². The Balaban J connectivity index is 0.000000312. The summed E-state index contributed by atoms with van der Waals surface area (Å²) in [5.41, 5.74) is 1.60. The number of benzene rings is 1. The number of hydrogen-bond acceptors (Lipinski definition) is 5. The molecule has 0 saturated heterocycles. The number of aromatic hydroxyl groups is 1. The highest BCUT2D eigenvalue weighted by atomic mass is 32.2. The van der Waals surface area contributed by atoms with Gasteiger partial charge in [-0.3, -0.25) is 4.55 Å². The molecule has 0 fully saturated rings. The molecular formula is C12H14O6S. The van der Waals surface area contributed by atoms with E-state index in [9.17, 15) is 18.3 Å². The Morgan fingerprint density at radius 1 is 1.16 bits per heavy atom. The topological polar surface area (TPSA) is 105 Å². The van der Waals surface area contributed by atoms with Crippen molar-refractivity contribution in [2.75, 3.05) is 6.26 Å². The second-order valence-electron chi connectivity index (χ2n) is 4.05. The first-order valence-corrected chi connectivity index (χ1v) is 7.10. The van der Waals surface area contributed by atoms with Gasteiger partial charge in [-0.05, 0) is 31.5 Å². The first kappa shape index (κ1) is 15.2.